The summed E-state index contributed by atoms with van der Waals surface area (Å²) in [5.74, 6) is 1.58. The van der Waals surface area contributed by atoms with Gasteiger partial charge >= 0.3 is 0 Å². The molecule has 3 N–H and O–H groups in total. The summed E-state index contributed by atoms with van der Waals surface area (Å²) in [6.45, 7) is 3.81. The topological polar surface area (TPSA) is 104 Å². The van der Waals surface area contributed by atoms with E-state index in [-0.39, 0.29) is 0 Å². The lowest BCUT2D eigenvalue weighted by atomic mass is 9.94. The number of carbonyl (C=O) groups is 1. The quantitative estimate of drug-likeness (QED) is 0.676. The lowest BCUT2D eigenvalue weighted by Gasteiger charge is -2.29. The maximum atomic E-state index is 12.4. The summed E-state index contributed by atoms with van der Waals surface area (Å²) in [5.41, 5.74) is 9.46. The van der Waals surface area contributed by atoms with Crippen molar-refractivity contribution >= 4 is 11.9 Å². The van der Waals surface area contributed by atoms with Gasteiger partial charge in [0.2, 0.25) is 11.9 Å². The molecule has 8 nitrogen and oxygen atoms in total. The van der Waals surface area contributed by atoms with Crippen molar-refractivity contribution in [2.45, 2.75) is 19.9 Å². The van der Waals surface area contributed by atoms with E-state index in [9.17, 15) is 4.79 Å². The maximum absolute atomic E-state index is 12.4. The predicted octanol–water partition coefficient (Wildman–Crippen LogP) is 3.04. The highest BCUT2D eigenvalue weighted by Crippen LogP contribution is 2.42. The summed E-state index contributed by atoms with van der Waals surface area (Å²) in [7, 11) is 3.13. The van der Waals surface area contributed by atoms with Crippen molar-refractivity contribution in [3.05, 3.63) is 64.9 Å². The highest BCUT2D eigenvalue weighted by atomic mass is 16.5. The van der Waals surface area contributed by atoms with Gasteiger partial charge in [-0.25, -0.2) is 4.68 Å². The molecule has 1 unspecified atom stereocenters. The van der Waals surface area contributed by atoms with Gasteiger partial charge in [-0.1, -0.05) is 35.9 Å². The van der Waals surface area contributed by atoms with E-state index in [1.165, 1.54) is 0 Å². The zero-order valence-electron chi connectivity index (χ0n) is 17.3. The van der Waals surface area contributed by atoms with Crippen LogP contribution < -0.4 is 20.5 Å². The first-order chi connectivity index (χ1) is 14.4. The number of amides is 1. The minimum Gasteiger partial charge on any atom is -0.493 e. The van der Waals surface area contributed by atoms with E-state index < -0.39 is 11.9 Å². The van der Waals surface area contributed by atoms with Crippen LogP contribution in [0.4, 0.5) is 5.95 Å². The van der Waals surface area contributed by atoms with E-state index in [4.69, 9.17) is 20.3 Å². The number of hydrogen-bond acceptors (Lipinski definition) is 6. The molecule has 30 heavy (non-hydrogen) atoms. The number of nitrogens with one attached hydrogen (secondary N) is 1. The van der Waals surface area contributed by atoms with Gasteiger partial charge in [0.05, 0.1) is 19.8 Å². The first-order valence-corrected chi connectivity index (χ1v) is 9.46. The molecule has 1 aromatic heterocycles. The van der Waals surface area contributed by atoms with Crippen LogP contribution in [0.25, 0.3) is 11.4 Å². The number of aryl methyl sites for hydroxylation is 1. The van der Waals surface area contributed by atoms with E-state index in [2.05, 4.69) is 10.3 Å². The SMILES string of the molecule is COc1cccc(C2C(C(N)=O)=C(C)Nc3nc(-c4cccc(C)c4)nn32)c1OC. The van der Waals surface area contributed by atoms with Gasteiger partial charge in [0.25, 0.3) is 0 Å². The largest absolute Gasteiger partial charge is 0.493 e. The number of rotatable bonds is 5. The van der Waals surface area contributed by atoms with Crippen LogP contribution in [-0.4, -0.2) is 34.9 Å². The van der Waals surface area contributed by atoms with Crippen molar-refractivity contribution in [1.29, 1.82) is 0 Å². The predicted molar refractivity (Wildman–Crippen MR) is 113 cm³/mol. The molecule has 8 heteroatoms. The lowest BCUT2D eigenvalue weighted by Crippen LogP contribution is -2.32. The van der Waals surface area contributed by atoms with Crippen LogP contribution in [-0.2, 0) is 4.79 Å². The van der Waals surface area contributed by atoms with E-state index in [0.717, 1.165) is 11.1 Å². The first kappa shape index (κ1) is 19.5. The Morgan fingerprint density at radius 1 is 1.13 bits per heavy atom. The molecule has 0 saturated carbocycles. The molecule has 2 heterocycles. The van der Waals surface area contributed by atoms with Crippen molar-refractivity contribution in [2.75, 3.05) is 19.5 Å². The van der Waals surface area contributed by atoms with Crippen LogP contribution in [0.5, 0.6) is 11.5 Å². The van der Waals surface area contributed by atoms with Gasteiger partial charge in [-0.15, -0.1) is 5.10 Å². The van der Waals surface area contributed by atoms with Crippen molar-refractivity contribution in [3.63, 3.8) is 0 Å². The molecule has 0 fully saturated rings. The second-order valence-corrected chi connectivity index (χ2v) is 7.09. The molecule has 3 aromatic rings. The summed E-state index contributed by atoms with van der Waals surface area (Å²) in [6, 6.07) is 12.8. The Morgan fingerprint density at radius 3 is 2.57 bits per heavy atom. The number of hydrogen-bond donors (Lipinski definition) is 2. The van der Waals surface area contributed by atoms with Crippen LogP contribution in [0.3, 0.4) is 0 Å². The summed E-state index contributed by atoms with van der Waals surface area (Å²) >= 11 is 0. The zero-order valence-corrected chi connectivity index (χ0v) is 17.3. The van der Waals surface area contributed by atoms with Gasteiger partial charge in [-0.05, 0) is 26.0 Å². The average molecular weight is 405 g/mol. The van der Waals surface area contributed by atoms with Gasteiger partial charge in [-0.2, -0.15) is 4.98 Å². The van der Waals surface area contributed by atoms with Crippen molar-refractivity contribution in [3.8, 4) is 22.9 Å². The lowest BCUT2D eigenvalue weighted by molar-refractivity contribution is -0.115. The number of nitrogens with two attached hydrogens (primary N) is 1. The fourth-order valence-corrected chi connectivity index (χ4v) is 3.79. The van der Waals surface area contributed by atoms with Crippen LogP contribution in [0.15, 0.2) is 53.7 Å². The number of para-hydroxylation sites is 1. The average Bonchev–Trinajstić information content (AvgIpc) is 3.15. The van der Waals surface area contributed by atoms with Gasteiger partial charge in [0, 0.05) is 16.8 Å². The second-order valence-electron chi connectivity index (χ2n) is 7.09. The molecule has 4 rings (SSSR count). The Morgan fingerprint density at radius 2 is 1.90 bits per heavy atom. The van der Waals surface area contributed by atoms with Gasteiger partial charge < -0.3 is 20.5 Å². The molecule has 154 valence electrons. The Labute approximate surface area is 174 Å². The van der Waals surface area contributed by atoms with Crippen molar-refractivity contribution in [2.24, 2.45) is 5.73 Å². The molecular formula is C22H23N5O3. The first-order valence-electron chi connectivity index (χ1n) is 9.46. The second kappa shape index (κ2) is 7.55. The van der Waals surface area contributed by atoms with Crippen LogP contribution >= 0.6 is 0 Å². The third kappa shape index (κ3) is 3.16. The normalized spacial score (nSPS) is 15.4. The third-order valence-electron chi connectivity index (χ3n) is 5.12. The van der Waals surface area contributed by atoms with Crippen LogP contribution in [0.2, 0.25) is 0 Å². The Balaban J connectivity index is 1.94. The summed E-state index contributed by atoms with van der Waals surface area (Å²) < 4.78 is 12.7. The number of allylic oxidation sites excluding steroid dienone is 1. The molecule has 1 amide bonds. The number of aromatic nitrogens is 3. The number of carbonyl (C=O) groups excluding carboxylic acids is 1. The molecule has 0 spiro atoms. The van der Waals surface area contributed by atoms with E-state index >= 15 is 0 Å². The molecule has 1 aliphatic heterocycles. The highest BCUT2D eigenvalue weighted by molar-refractivity contribution is 5.95. The minimum atomic E-state index is -0.616. The monoisotopic (exact) mass is 405 g/mol. The number of anilines is 1. The zero-order chi connectivity index (χ0) is 21.4. The van der Waals surface area contributed by atoms with Gasteiger partial charge in [-0.3, -0.25) is 4.79 Å². The van der Waals surface area contributed by atoms with Crippen molar-refractivity contribution < 1.29 is 14.3 Å². The van der Waals surface area contributed by atoms with E-state index in [0.29, 0.717) is 40.1 Å². The number of primary amides is 1. The number of ether oxygens (including phenoxy) is 2. The Bertz CT molecular complexity index is 1170. The number of nitrogens with zero attached hydrogens (tertiary/aromatic N) is 3. The molecular weight excluding hydrogens is 382 g/mol. The molecule has 2 aromatic carbocycles. The van der Waals surface area contributed by atoms with Crippen LogP contribution in [0.1, 0.15) is 24.1 Å². The third-order valence-corrected chi connectivity index (χ3v) is 5.12. The van der Waals surface area contributed by atoms with Crippen LogP contribution in [0, 0.1) is 6.92 Å². The molecule has 1 atom stereocenters. The fourth-order valence-electron chi connectivity index (χ4n) is 3.79. The van der Waals surface area contributed by atoms with Crippen molar-refractivity contribution in [1.82, 2.24) is 14.8 Å². The summed E-state index contributed by atoms with van der Waals surface area (Å²) in [6.07, 6.45) is 0. The molecule has 1 aliphatic rings. The molecule has 0 bridgehead atoms. The number of fused-ring (bicyclic) bond motifs is 1. The molecule has 0 saturated heterocycles. The van der Waals surface area contributed by atoms with Gasteiger partial charge in [0.15, 0.2) is 17.3 Å². The maximum Gasteiger partial charge on any atom is 0.248 e. The highest BCUT2D eigenvalue weighted by Gasteiger charge is 2.35. The molecule has 0 radical (unpaired) electrons. The van der Waals surface area contributed by atoms with Gasteiger partial charge in [0.1, 0.15) is 6.04 Å². The summed E-state index contributed by atoms with van der Waals surface area (Å²) in [5, 5.41) is 7.88. The Hall–Kier alpha value is -3.81. The smallest absolute Gasteiger partial charge is 0.248 e. The standard InChI is InChI=1S/C22H23N5O3/c1-12-7-5-8-14(11-12)21-25-22-24-13(2)17(20(23)28)18(27(22)26-21)15-9-6-10-16(29-3)19(15)30-4/h5-11,18H,1-4H3,(H2,23,28)(H,24,25,26). The minimum absolute atomic E-state index is 0.384. The Kier molecular flexibility index (Phi) is 4.91. The molecule has 0 aliphatic carbocycles. The fraction of sp³-hybridized carbons (Fsp3) is 0.227. The number of benzene rings is 2. The van der Waals surface area contributed by atoms with E-state index in [1.807, 2.05) is 43.3 Å². The van der Waals surface area contributed by atoms with E-state index in [1.54, 1.807) is 31.9 Å². The summed E-state index contributed by atoms with van der Waals surface area (Å²) in [4.78, 5) is 17.1. The number of methoxy groups -OCH3 is 2.